The summed E-state index contributed by atoms with van der Waals surface area (Å²) in [5.41, 5.74) is 4.24. The van der Waals surface area contributed by atoms with E-state index in [1.807, 2.05) is 17.2 Å². The van der Waals surface area contributed by atoms with E-state index >= 15 is 0 Å². The highest BCUT2D eigenvalue weighted by Gasteiger charge is 2.41. The summed E-state index contributed by atoms with van der Waals surface area (Å²) in [6.07, 6.45) is 2.79. The molecule has 0 saturated carbocycles. The Labute approximate surface area is 185 Å². The molecular formula is C25H35N4O2+. The summed E-state index contributed by atoms with van der Waals surface area (Å²) in [5, 5.41) is 2.35. The monoisotopic (exact) mass is 423 g/mol. The van der Waals surface area contributed by atoms with Crippen molar-refractivity contribution in [1.29, 1.82) is 0 Å². The van der Waals surface area contributed by atoms with Gasteiger partial charge in [0.05, 0.1) is 49.7 Å². The number of anilines is 1. The van der Waals surface area contributed by atoms with Crippen LogP contribution in [0.5, 0.6) is 0 Å². The maximum Gasteiger partial charge on any atom is 0.241 e. The van der Waals surface area contributed by atoms with E-state index in [-0.39, 0.29) is 17.4 Å². The number of nitrogens with zero attached hydrogens (tertiary/aromatic N) is 3. The predicted molar refractivity (Wildman–Crippen MR) is 122 cm³/mol. The second-order valence-corrected chi connectivity index (χ2v) is 9.72. The number of methoxy groups -OCH3 is 1. The minimum Gasteiger partial charge on any atom is -0.383 e. The number of ether oxygens (including phenoxy) is 1. The van der Waals surface area contributed by atoms with Crippen LogP contribution in [0, 0.1) is 0 Å². The van der Waals surface area contributed by atoms with Gasteiger partial charge in [0.2, 0.25) is 5.91 Å². The van der Waals surface area contributed by atoms with Crippen LogP contribution >= 0.6 is 0 Å². The Kier molecular flexibility index (Phi) is 6.42. The van der Waals surface area contributed by atoms with E-state index in [0.717, 1.165) is 36.5 Å². The van der Waals surface area contributed by atoms with E-state index < -0.39 is 0 Å². The number of pyridine rings is 1. The summed E-state index contributed by atoms with van der Waals surface area (Å²) < 4.78 is 5.42. The van der Waals surface area contributed by atoms with Crippen molar-refractivity contribution in [2.45, 2.75) is 44.7 Å². The summed E-state index contributed by atoms with van der Waals surface area (Å²) in [7, 11) is 1.73. The number of rotatable bonds is 6. The lowest BCUT2D eigenvalue weighted by Gasteiger charge is -2.36. The lowest BCUT2D eigenvalue weighted by atomic mass is 9.91. The summed E-state index contributed by atoms with van der Waals surface area (Å²) in [4.78, 5) is 22.6. The molecule has 1 amide bonds. The van der Waals surface area contributed by atoms with Gasteiger partial charge in [0.15, 0.2) is 0 Å². The fourth-order valence-corrected chi connectivity index (χ4v) is 4.88. The summed E-state index contributed by atoms with van der Waals surface area (Å²) >= 11 is 0. The van der Waals surface area contributed by atoms with Gasteiger partial charge in [-0.25, -0.2) is 0 Å². The number of nitrogens with two attached hydrogens (primary N) is 1. The standard InChI is InChI=1S/C25H34N4O2/c1-18-14-28(21(13-26-18)16-31-4)15-23(30)29-17-25(2,3)24-22(29)11-20(12-27-24)10-19-8-6-5-7-9-19/h5-9,11-12,18,21,26H,10,13-17H2,1-4H3/p+1/t18-,21-/m1/s1. The third kappa shape index (κ3) is 4.81. The van der Waals surface area contributed by atoms with Crippen LogP contribution in [0.25, 0.3) is 0 Å². The maximum atomic E-state index is 13.5. The van der Waals surface area contributed by atoms with E-state index in [1.165, 1.54) is 5.56 Å². The topological polar surface area (TPSA) is 62.3 Å². The average molecular weight is 424 g/mol. The van der Waals surface area contributed by atoms with Crippen molar-refractivity contribution in [2.75, 3.05) is 44.8 Å². The van der Waals surface area contributed by atoms with Gasteiger partial charge in [-0.2, -0.15) is 0 Å². The van der Waals surface area contributed by atoms with Gasteiger partial charge in [-0.3, -0.25) is 14.7 Å². The van der Waals surface area contributed by atoms with Crippen LogP contribution in [-0.2, 0) is 21.4 Å². The lowest BCUT2D eigenvalue weighted by molar-refractivity contribution is -0.700. The van der Waals surface area contributed by atoms with Gasteiger partial charge in [0, 0.05) is 25.3 Å². The number of carbonyl (C=O) groups excluding carboxylic acids is 1. The van der Waals surface area contributed by atoms with Crippen LogP contribution in [0.15, 0.2) is 42.6 Å². The molecule has 2 atom stereocenters. The Bertz CT molecular complexity index is 915. The van der Waals surface area contributed by atoms with Crippen LogP contribution < -0.4 is 10.2 Å². The molecule has 2 N–H and O–H groups in total. The minimum atomic E-state index is -0.148. The highest BCUT2D eigenvalue weighted by atomic mass is 16.5. The quantitative estimate of drug-likeness (QED) is 0.766. The number of piperazine rings is 1. The Balaban J connectivity index is 1.55. The van der Waals surface area contributed by atoms with Crippen molar-refractivity contribution in [1.82, 2.24) is 9.88 Å². The van der Waals surface area contributed by atoms with Crippen molar-refractivity contribution in [3.63, 3.8) is 0 Å². The molecule has 0 unspecified atom stereocenters. The van der Waals surface area contributed by atoms with E-state index in [2.05, 4.69) is 61.3 Å². The van der Waals surface area contributed by atoms with Crippen LogP contribution in [-0.4, -0.2) is 67.8 Å². The molecule has 0 spiro atoms. The zero-order valence-electron chi connectivity index (χ0n) is 19.2. The molecule has 2 aliphatic heterocycles. The van der Waals surface area contributed by atoms with E-state index in [0.29, 0.717) is 25.7 Å². The van der Waals surface area contributed by atoms with E-state index in [4.69, 9.17) is 9.72 Å². The van der Waals surface area contributed by atoms with Crippen molar-refractivity contribution in [3.05, 3.63) is 59.4 Å². The fourth-order valence-electron chi connectivity index (χ4n) is 4.88. The van der Waals surface area contributed by atoms with E-state index in [9.17, 15) is 4.79 Å². The molecule has 3 heterocycles. The molecule has 6 nitrogen and oxygen atoms in total. The molecular weight excluding hydrogens is 388 g/mol. The maximum absolute atomic E-state index is 13.5. The molecule has 2 aromatic rings. The van der Waals surface area contributed by atoms with Gasteiger partial charge in [0.1, 0.15) is 0 Å². The first kappa shape index (κ1) is 21.9. The molecule has 166 valence electrons. The average Bonchev–Trinajstić information content (AvgIpc) is 3.01. The van der Waals surface area contributed by atoms with Gasteiger partial charge < -0.3 is 15.0 Å². The third-order valence-electron chi connectivity index (χ3n) is 6.51. The predicted octanol–water partition coefficient (Wildman–Crippen LogP) is 1.58. The highest BCUT2D eigenvalue weighted by Crippen LogP contribution is 2.39. The summed E-state index contributed by atoms with van der Waals surface area (Å²) in [6, 6.07) is 13.3. The second kappa shape index (κ2) is 9.07. The third-order valence-corrected chi connectivity index (χ3v) is 6.51. The van der Waals surface area contributed by atoms with Crippen LogP contribution in [0.1, 0.15) is 37.6 Å². The van der Waals surface area contributed by atoms with Crippen molar-refractivity contribution in [2.24, 2.45) is 0 Å². The normalized spacial score (nSPS) is 23.0. The molecule has 4 rings (SSSR count). The number of hydrogen-bond acceptors (Lipinski definition) is 4. The number of hydrogen-bond donors (Lipinski definition) is 1. The van der Waals surface area contributed by atoms with Crippen LogP contribution in [0.4, 0.5) is 5.69 Å². The Morgan fingerprint density at radius 3 is 2.77 bits per heavy atom. The number of carbonyl (C=O) groups is 1. The summed E-state index contributed by atoms with van der Waals surface area (Å²) in [6.45, 7) is 10.2. The fraction of sp³-hybridized carbons (Fsp3) is 0.520. The van der Waals surface area contributed by atoms with Gasteiger partial charge in [-0.15, -0.1) is 0 Å². The smallest absolute Gasteiger partial charge is 0.241 e. The minimum absolute atomic E-state index is 0.148. The number of fused-ring (bicyclic) bond motifs is 1. The van der Waals surface area contributed by atoms with Crippen molar-refractivity contribution >= 4 is 11.6 Å². The van der Waals surface area contributed by atoms with Gasteiger partial charge in [0.25, 0.3) is 0 Å². The number of benzene rings is 1. The molecule has 2 aliphatic rings. The molecule has 0 bridgehead atoms. The van der Waals surface area contributed by atoms with Gasteiger partial charge in [-0.1, -0.05) is 44.2 Å². The first-order valence-corrected chi connectivity index (χ1v) is 11.3. The molecule has 0 aliphatic carbocycles. The highest BCUT2D eigenvalue weighted by molar-refractivity contribution is 5.97. The SMILES string of the molecule is COC[C@H]1C[NH2+][C@H](C)CN1CC(=O)N1CC(C)(C)c2ncc(Cc3ccccc3)cc21. The van der Waals surface area contributed by atoms with Gasteiger partial charge >= 0.3 is 0 Å². The number of quaternary nitrogens is 1. The van der Waals surface area contributed by atoms with Crippen molar-refractivity contribution < 1.29 is 14.8 Å². The first-order valence-electron chi connectivity index (χ1n) is 11.3. The zero-order chi connectivity index (χ0) is 22.0. The Morgan fingerprint density at radius 1 is 1.26 bits per heavy atom. The first-order chi connectivity index (χ1) is 14.9. The lowest BCUT2D eigenvalue weighted by Crippen LogP contribution is -2.96. The van der Waals surface area contributed by atoms with Crippen LogP contribution in [0.2, 0.25) is 0 Å². The largest absolute Gasteiger partial charge is 0.383 e. The van der Waals surface area contributed by atoms with Crippen LogP contribution in [0.3, 0.4) is 0 Å². The second-order valence-electron chi connectivity index (χ2n) is 9.72. The number of amides is 1. The molecule has 31 heavy (non-hydrogen) atoms. The molecule has 1 aromatic carbocycles. The number of aromatic nitrogens is 1. The molecule has 6 heteroatoms. The molecule has 1 fully saturated rings. The van der Waals surface area contributed by atoms with Gasteiger partial charge in [-0.05, 0) is 30.5 Å². The molecule has 1 saturated heterocycles. The molecule has 1 aromatic heterocycles. The summed E-state index contributed by atoms with van der Waals surface area (Å²) in [5.74, 6) is 0.153. The van der Waals surface area contributed by atoms with Crippen molar-refractivity contribution in [3.8, 4) is 0 Å². The van der Waals surface area contributed by atoms with E-state index in [1.54, 1.807) is 7.11 Å². The Morgan fingerprint density at radius 2 is 2.03 bits per heavy atom. The Hall–Kier alpha value is -2.28. The zero-order valence-corrected chi connectivity index (χ0v) is 19.2. The molecule has 0 radical (unpaired) electrons.